The maximum absolute atomic E-state index is 4.75. The first-order chi connectivity index (χ1) is 14.8. The third kappa shape index (κ3) is 4.74. The SMILES string of the molecule is CCn1n[n+](Cc2ccccc2)cc1-c1c[n+](Cc2ccc(C(C)(C)C)cc2)nn1C. The first-order valence-electron chi connectivity index (χ1n) is 10.9. The van der Waals surface area contributed by atoms with Crippen molar-refractivity contribution < 1.29 is 9.36 Å². The van der Waals surface area contributed by atoms with Crippen LogP contribution in [0.3, 0.4) is 0 Å². The molecule has 0 N–H and O–H groups in total. The van der Waals surface area contributed by atoms with E-state index in [4.69, 9.17) is 10.4 Å². The van der Waals surface area contributed by atoms with Crippen LogP contribution in [0.25, 0.3) is 11.4 Å². The highest BCUT2D eigenvalue weighted by molar-refractivity contribution is 5.49. The van der Waals surface area contributed by atoms with Crippen LogP contribution in [0.4, 0.5) is 0 Å². The monoisotopic (exact) mass is 416 g/mol. The van der Waals surface area contributed by atoms with Gasteiger partial charge in [0.15, 0.2) is 12.4 Å². The Hall–Kier alpha value is -3.28. The van der Waals surface area contributed by atoms with E-state index in [1.54, 1.807) is 0 Å². The molecule has 0 radical (unpaired) electrons. The number of benzene rings is 2. The molecule has 2 heterocycles. The first kappa shape index (κ1) is 21.0. The van der Waals surface area contributed by atoms with Crippen LogP contribution >= 0.6 is 0 Å². The van der Waals surface area contributed by atoms with Gasteiger partial charge < -0.3 is 0 Å². The topological polar surface area (TPSA) is 43.4 Å². The van der Waals surface area contributed by atoms with Crippen molar-refractivity contribution in [1.29, 1.82) is 0 Å². The highest BCUT2D eigenvalue weighted by atomic mass is 15.5. The molecule has 0 aliphatic rings. The Morgan fingerprint density at radius 2 is 1.35 bits per heavy atom. The zero-order valence-electron chi connectivity index (χ0n) is 19.2. The zero-order valence-corrected chi connectivity index (χ0v) is 19.2. The van der Waals surface area contributed by atoms with E-state index in [2.05, 4.69) is 88.6 Å². The van der Waals surface area contributed by atoms with Crippen LogP contribution in [-0.2, 0) is 32.1 Å². The maximum atomic E-state index is 4.75. The highest BCUT2D eigenvalue weighted by Gasteiger charge is 2.26. The molecular formula is C25H32N6+2. The Bertz CT molecular complexity index is 1150. The van der Waals surface area contributed by atoms with E-state index in [9.17, 15) is 0 Å². The predicted molar refractivity (Wildman–Crippen MR) is 120 cm³/mol. The third-order valence-corrected chi connectivity index (χ3v) is 5.56. The van der Waals surface area contributed by atoms with E-state index < -0.39 is 0 Å². The molecule has 2 aromatic carbocycles. The van der Waals surface area contributed by atoms with Gasteiger partial charge in [-0.1, -0.05) is 75.4 Å². The molecule has 0 amide bonds. The summed E-state index contributed by atoms with van der Waals surface area (Å²) in [7, 11) is 1.99. The fraction of sp³-hybridized carbons (Fsp3) is 0.360. The van der Waals surface area contributed by atoms with E-state index in [1.165, 1.54) is 16.7 Å². The highest BCUT2D eigenvalue weighted by Crippen LogP contribution is 2.22. The van der Waals surface area contributed by atoms with Gasteiger partial charge in [-0.3, -0.25) is 0 Å². The average molecular weight is 417 g/mol. The summed E-state index contributed by atoms with van der Waals surface area (Å²) in [6.45, 7) is 11.1. The zero-order chi connectivity index (χ0) is 22.0. The second-order valence-corrected chi connectivity index (χ2v) is 9.07. The molecule has 0 atom stereocenters. The number of aromatic nitrogens is 6. The Balaban J connectivity index is 1.57. The van der Waals surface area contributed by atoms with E-state index in [-0.39, 0.29) is 5.41 Å². The van der Waals surface area contributed by atoms with Crippen molar-refractivity contribution in [3.8, 4) is 11.4 Å². The molecule has 6 heteroatoms. The van der Waals surface area contributed by atoms with Crippen molar-refractivity contribution in [3.05, 3.63) is 83.7 Å². The summed E-state index contributed by atoms with van der Waals surface area (Å²) in [5.41, 5.74) is 6.10. The molecule has 0 saturated carbocycles. The minimum atomic E-state index is 0.164. The maximum Gasteiger partial charge on any atom is 0.242 e. The fourth-order valence-electron chi connectivity index (χ4n) is 3.78. The minimum Gasteiger partial charge on any atom is -0.132 e. The van der Waals surface area contributed by atoms with E-state index in [1.807, 2.05) is 31.8 Å². The first-order valence-corrected chi connectivity index (χ1v) is 10.9. The second-order valence-electron chi connectivity index (χ2n) is 9.07. The van der Waals surface area contributed by atoms with Crippen molar-refractivity contribution >= 4 is 0 Å². The van der Waals surface area contributed by atoms with Gasteiger partial charge in [0.1, 0.15) is 26.7 Å². The lowest BCUT2D eigenvalue weighted by Crippen LogP contribution is -2.36. The van der Waals surface area contributed by atoms with E-state index >= 15 is 0 Å². The van der Waals surface area contributed by atoms with Gasteiger partial charge in [0.2, 0.25) is 11.4 Å². The van der Waals surface area contributed by atoms with Crippen molar-refractivity contribution in [1.82, 2.24) is 19.8 Å². The third-order valence-electron chi connectivity index (χ3n) is 5.56. The number of nitrogens with zero attached hydrogens (tertiary/aromatic N) is 6. The van der Waals surface area contributed by atoms with E-state index in [0.717, 1.165) is 31.0 Å². The number of hydrogen-bond donors (Lipinski definition) is 0. The molecule has 160 valence electrons. The molecule has 4 rings (SSSR count). The molecule has 0 saturated heterocycles. The van der Waals surface area contributed by atoms with Crippen molar-refractivity contribution in [2.24, 2.45) is 7.05 Å². The Morgan fingerprint density at radius 3 is 1.97 bits per heavy atom. The molecule has 0 aliphatic carbocycles. The number of rotatable bonds is 6. The largest absolute Gasteiger partial charge is 0.242 e. The predicted octanol–water partition coefficient (Wildman–Crippen LogP) is 3.27. The molecule has 0 unspecified atom stereocenters. The van der Waals surface area contributed by atoms with Gasteiger partial charge in [-0.15, -0.1) is 18.7 Å². The lowest BCUT2D eigenvalue weighted by atomic mass is 9.87. The lowest BCUT2D eigenvalue weighted by molar-refractivity contribution is -0.747. The minimum absolute atomic E-state index is 0.164. The summed E-state index contributed by atoms with van der Waals surface area (Å²) in [6, 6.07) is 19.3. The fourth-order valence-corrected chi connectivity index (χ4v) is 3.78. The molecule has 0 aliphatic heterocycles. The molecule has 6 nitrogen and oxygen atoms in total. The normalized spacial score (nSPS) is 11.8. The quantitative estimate of drug-likeness (QED) is 0.453. The molecule has 4 aromatic rings. The van der Waals surface area contributed by atoms with Gasteiger partial charge >= 0.3 is 0 Å². The summed E-state index contributed by atoms with van der Waals surface area (Å²) >= 11 is 0. The summed E-state index contributed by atoms with van der Waals surface area (Å²) in [4.78, 5) is 0. The van der Waals surface area contributed by atoms with Crippen LogP contribution in [0, 0.1) is 0 Å². The summed E-state index contributed by atoms with van der Waals surface area (Å²) in [5.74, 6) is 0. The summed E-state index contributed by atoms with van der Waals surface area (Å²) in [5, 5.41) is 9.46. The van der Waals surface area contributed by atoms with Crippen molar-refractivity contribution in [2.75, 3.05) is 0 Å². The van der Waals surface area contributed by atoms with Crippen molar-refractivity contribution in [3.63, 3.8) is 0 Å². The summed E-state index contributed by atoms with van der Waals surface area (Å²) in [6.07, 6.45) is 4.21. The number of hydrogen-bond acceptors (Lipinski definition) is 2. The van der Waals surface area contributed by atoms with E-state index in [0.29, 0.717) is 0 Å². The van der Waals surface area contributed by atoms with Crippen LogP contribution < -0.4 is 9.36 Å². The Kier molecular flexibility index (Phi) is 5.72. The Morgan fingerprint density at radius 1 is 0.774 bits per heavy atom. The van der Waals surface area contributed by atoms with Gasteiger partial charge in [-0.2, -0.15) is 0 Å². The lowest BCUT2D eigenvalue weighted by Gasteiger charge is -2.18. The van der Waals surface area contributed by atoms with Crippen LogP contribution in [-0.4, -0.2) is 19.8 Å². The molecule has 2 aromatic heterocycles. The van der Waals surface area contributed by atoms with Gasteiger partial charge in [-0.05, 0) is 29.0 Å². The standard InChI is InChI=1S/C25H32N6/c1-6-31-24(19-30(27-31)16-20-10-8-7-9-11-20)23-18-29(26-28(23)5)17-21-12-14-22(15-13-21)25(2,3)4/h7-15,18-19H,6,16-17H2,1-5H3/q+2. The van der Waals surface area contributed by atoms with Crippen LogP contribution in [0.2, 0.25) is 0 Å². The number of aryl methyl sites for hydroxylation is 2. The molecule has 0 fully saturated rings. The molecule has 31 heavy (non-hydrogen) atoms. The summed E-state index contributed by atoms with van der Waals surface area (Å²) < 4.78 is 7.95. The molecule has 0 spiro atoms. The van der Waals surface area contributed by atoms with Crippen LogP contribution in [0.15, 0.2) is 67.0 Å². The smallest absolute Gasteiger partial charge is 0.132 e. The van der Waals surface area contributed by atoms with Crippen molar-refractivity contribution in [2.45, 2.75) is 52.7 Å². The van der Waals surface area contributed by atoms with Gasteiger partial charge in [0.25, 0.3) is 0 Å². The second kappa shape index (κ2) is 8.46. The van der Waals surface area contributed by atoms with Crippen LogP contribution in [0.5, 0.6) is 0 Å². The molecule has 0 bridgehead atoms. The van der Waals surface area contributed by atoms with Gasteiger partial charge in [-0.25, -0.2) is 0 Å². The van der Waals surface area contributed by atoms with Gasteiger partial charge in [0, 0.05) is 0 Å². The Labute approximate surface area is 184 Å². The van der Waals surface area contributed by atoms with Gasteiger partial charge in [0.05, 0.1) is 10.4 Å². The molecular weight excluding hydrogens is 384 g/mol. The van der Waals surface area contributed by atoms with Crippen LogP contribution in [0.1, 0.15) is 44.4 Å². The average Bonchev–Trinajstić information content (AvgIpc) is 3.31.